The highest BCUT2D eigenvalue weighted by molar-refractivity contribution is 8.13. The van der Waals surface area contributed by atoms with Gasteiger partial charge in [-0.2, -0.15) is 23.7 Å². The Morgan fingerprint density at radius 3 is 2.63 bits per heavy atom. The van der Waals surface area contributed by atoms with Gasteiger partial charge in [0.2, 0.25) is 0 Å². The molecule has 0 spiro atoms. The van der Waals surface area contributed by atoms with Crippen LogP contribution in [0.25, 0.3) is 0 Å². The standard InChI is InChI=1S/C14H18F3NS/c1-4-12(14(15,16)17)10-18-9-11-6-5-7-13(8-11)19(2)3/h4-8,18H,2,9-10H2,1,3H3/b12-4+. The van der Waals surface area contributed by atoms with Gasteiger partial charge in [-0.15, -0.1) is 0 Å². The zero-order valence-electron chi connectivity index (χ0n) is 11.1. The van der Waals surface area contributed by atoms with E-state index in [-0.39, 0.29) is 17.0 Å². The van der Waals surface area contributed by atoms with Crippen molar-refractivity contribution in [3.63, 3.8) is 0 Å². The summed E-state index contributed by atoms with van der Waals surface area (Å²) in [5.41, 5.74) is 0.425. The Balaban J connectivity index is 2.59. The molecule has 0 fully saturated rings. The molecular formula is C14H18F3NS. The van der Waals surface area contributed by atoms with Crippen molar-refractivity contribution in [3.05, 3.63) is 41.5 Å². The molecule has 0 aliphatic rings. The summed E-state index contributed by atoms with van der Waals surface area (Å²) in [7, 11) is -0.0884. The van der Waals surface area contributed by atoms with Gasteiger partial charge >= 0.3 is 6.18 Å². The quantitative estimate of drug-likeness (QED) is 0.639. The average Bonchev–Trinajstić information content (AvgIpc) is 2.33. The molecule has 0 heterocycles. The van der Waals surface area contributed by atoms with E-state index in [0.717, 1.165) is 16.5 Å². The van der Waals surface area contributed by atoms with Crippen LogP contribution in [0.1, 0.15) is 12.5 Å². The fourth-order valence-corrected chi connectivity index (χ4v) is 2.24. The third-order valence-corrected chi connectivity index (χ3v) is 3.72. The summed E-state index contributed by atoms with van der Waals surface area (Å²) in [5, 5.41) is 2.82. The molecule has 5 heteroatoms. The van der Waals surface area contributed by atoms with Gasteiger partial charge in [0, 0.05) is 23.6 Å². The van der Waals surface area contributed by atoms with Crippen molar-refractivity contribution in [2.45, 2.75) is 24.5 Å². The Morgan fingerprint density at radius 2 is 2.11 bits per heavy atom. The molecule has 0 saturated heterocycles. The number of benzene rings is 1. The van der Waals surface area contributed by atoms with Gasteiger partial charge < -0.3 is 5.32 Å². The smallest absolute Gasteiger partial charge is 0.309 e. The summed E-state index contributed by atoms with van der Waals surface area (Å²) in [6.07, 6.45) is -1.15. The van der Waals surface area contributed by atoms with Gasteiger partial charge in [-0.25, -0.2) is 0 Å². The molecule has 1 nitrogen and oxygen atoms in total. The van der Waals surface area contributed by atoms with E-state index in [4.69, 9.17) is 0 Å². The Labute approximate surface area is 114 Å². The van der Waals surface area contributed by atoms with E-state index in [1.54, 1.807) is 0 Å². The minimum Gasteiger partial charge on any atom is -0.309 e. The van der Waals surface area contributed by atoms with Crippen LogP contribution in [0, 0.1) is 0 Å². The SMILES string of the molecule is C=S(C)c1cccc(CNC/C(=C\C)C(F)(F)F)c1. The Hall–Kier alpha value is -1.07. The monoisotopic (exact) mass is 289 g/mol. The number of hydrogen-bond donors (Lipinski definition) is 1. The third kappa shape index (κ3) is 5.20. The molecule has 0 saturated carbocycles. The van der Waals surface area contributed by atoms with Crippen molar-refractivity contribution in [1.82, 2.24) is 5.32 Å². The molecule has 0 aliphatic heterocycles. The number of halogens is 3. The van der Waals surface area contributed by atoms with Crippen LogP contribution in [0.4, 0.5) is 13.2 Å². The van der Waals surface area contributed by atoms with Crippen molar-refractivity contribution in [2.24, 2.45) is 0 Å². The van der Waals surface area contributed by atoms with Crippen LogP contribution in [0.15, 0.2) is 40.8 Å². The van der Waals surface area contributed by atoms with Crippen molar-refractivity contribution < 1.29 is 13.2 Å². The van der Waals surface area contributed by atoms with Gasteiger partial charge in [0.25, 0.3) is 0 Å². The first kappa shape index (κ1) is 16.0. The van der Waals surface area contributed by atoms with E-state index < -0.39 is 11.7 Å². The molecule has 0 aliphatic carbocycles. The van der Waals surface area contributed by atoms with Crippen LogP contribution in [0.5, 0.6) is 0 Å². The molecule has 1 rings (SSSR count). The molecule has 0 amide bonds. The maximum absolute atomic E-state index is 12.5. The lowest BCUT2D eigenvalue weighted by atomic mass is 10.2. The highest BCUT2D eigenvalue weighted by Gasteiger charge is 2.32. The van der Waals surface area contributed by atoms with E-state index in [1.165, 1.54) is 6.92 Å². The molecule has 0 aromatic heterocycles. The lowest BCUT2D eigenvalue weighted by molar-refractivity contribution is -0.0930. The van der Waals surface area contributed by atoms with Crippen molar-refractivity contribution in [2.75, 3.05) is 12.8 Å². The van der Waals surface area contributed by atoms with E-state index in [9.17, 15) is 13.2 Å². The summed E-state index contributed by atoms with van der Waals surface area (Å²) in [6, 6.07) is 7.76. The third-order valence-electron chi connectivity index (χ3n) is 2.66. The van der Waals surface area contributed by atoms with Crippen molar-refractivity contribution in [1.29, 1.82) is 0 Å². The molecule has 19 heavy (non-hydrogen) atoms. The second-order valence-corrected chi connectivity index (χ2v) is 5.95. The largest absolute Gasteiger partial charge is 0.413 e. The van der Waals surface area contributed by atoms with E-state index in [2.05, 4.69) is 11.2 Å². The summed E-state index contributed by atoms with van der Waals surface area (Å²) < 4.78 is 37.5. The van der Waals surface area contributed by atoms with Crippen LogP contribution >= 0.6 is 10.5 Å². The lowest BCUT2D eigenvalue weighted by Crippen LogP contribution is -2.24. The Morgan fingerprint density at radius 1 is 1.42 bits per heavy atom. The summed E-state index contributed by atoms with van der Waals surface area (Å²) in [6.45, 7) is 1.64. The molecule has 1 atom stereocenters. The van der Waals surface area contributed by atoms with Crippen LogP contribution < -0.4 is 5.32 Å². The molecular weight excluding hydrogens is 271 g/mol. The Bertz CT molecular complexity index is 478. The van der Waals surface area contributed by atoms with Gasteiger partial charge in [0.15, 0.2) is 0 Å². The fourth-order valence-electron chi connectivity index (χ4n) is 1.58. The normalized spacial score (nSPS) is 14.5. The summed E-state index contributed by atoms with van der Waals surface area (Å²) in [4.78, 5) is 1.11. The number of nitrogens with one attached hydrogen (secondary N) is 1. The minimum absolute atomic E-state index is 0.0884. The molecule has 0 bridgehead atoms. The predicted molar refractivity (Wildman–Crippen MR) is 76.9 cm³/mol. The van der Waals surface area contributed by atoms with Crippen LogP contribution in [0.2, 0.25) is 0 Å². The molecule has 1 aromatic rings. The van der Waals surface area contributed by atoms with Gasteiger partial charge in [0.1, 0.15) is 0 Å². The van der Waals surface area contributed by atoms with Crippen LogP contribution in [0.3, 0.4) is 0 Å². The second kappa shape index (κ2) is 6.91. The number of hydrogen-bond acceptors (Lipinski definition) is 1. The fraction of sp³-hybridized carbons (Fsp3) is 0.357. The van der Waals surface area contributed by atoms with Gasteiger partial charge in [-0.05, 0) is 30.9 Å². The Kier molecular flexibility index (Phi) is 5.82. The van der Waals surface area contributed by atoms with Crippen molar-refractivity contribution in [3.8, 4) is 0 Å². The van der Waals surface area contributed by atoms with E-state index in [0.29, 0.717) is 6.54 Å². The van der Waals surface area contributed by atoms with E-state index in [1.807, 2.05) is 30.5 Å². The molecule has 1 unspecified atom stereocenters. The first-order chi connectivity index (χ1) is 8.84. The van der Waals surface area contributed by atoms with E-state index >= 15 is 0 Å². The molecule has 1 N–H and O–H groups in total. The zero-order chi connectivity index (χ0) is 14.5. The van der Waals surface area contributed by atoms with Crippen LogP contribution in [-0.2, 0) is 6.54 Å². The highest BCUT2D eigenvalue weighted by atomic mass is 32.2. The minimum atomic E-state index is -4.26. The lowest BCUT2D eigenvalue weighted by Gasteiger charge is -2.12. The summed E-state index contributed by atoms with van der Waals surface area (Å²) in [5.74, 6) is 3.95. The molecule has 106 valence electrons. The number of alkyl halides is 3. The second-order valence-electron chi connectivity index (χ2n) is 4.20. The van der Waals surface area contributed by atoms with Gasteiger partial charge in [0.05, 0.1) is 0 Å². The predicted octanol–water partition coefficient (Wildman–Crippen LogP) is 3.97. The van der Waals surface area contributed by atoms with Gasteiger partial charge in [-0.3, -0.25) is 0 Å². The van der Waals surface area contributed by atoms with Crippen LogP contribution in [-0.4, -0.2) is 24.8 Å². The number of allylic oxidation sites excluding steroid dienone is 1. The average molecular weight is 289 g/mol. The first-order valence-electron chi connectivity index (χ1n) is 5.82. The topological polar surface area (TPSA) is 12.0 Å². The van der Waals surface area contributed by atoms with Crippen molar-refractivity contribution >= 4 is 16.4 Å². The van der Waals surface area contributed by atoms with Gasteiger partial charge in [-0.1, -0.05) is 24.1 Å². The molecule has 0 radical (unpaired) electrons. The maximum Gasteiger partial charge on any atom is 0.413 e. The number of rotatable bonds is 5. The zero-order valence-corrected chi connectivity index (χ0v) is 11.9. The summed E-state index contributed by atoms with van der Waals surface area (Å²) >= 11 is 0. The maximum atomic E-state index is 12.5. The highest BCUT2D eigenvalue weighted by Crippen LogP contribution is 2.25. The first-order valence-corrected chi connectivity index (χ1v) is 7.62. The molecule has 1 aromatic carbocycles.